The molecule has 168 valence electrons. The van der Waals surface area contributed by atoms with E-state index in [4.69, 9.17) is 4.42 Å². The molecule has 0 bridgehead atoms. The molecule has 3 aromatic rings. The zero-order valence-electron chi connectivity index (χ0n) is 18.0. The molecule has 0 atom stereocenters. The summed E-state index contributed by atoms with van der Waals surface area (Å²) in [6.07, 6.45) is 4.14. The third kappa shape index (κ3) is 5.56. The first-order chi connectivity index (χ1) is 15.4. The van der Waals surface area contributed by atoms with E-state index in [-0.39, 0.29) is 17.6 Å². The zero-order valence-corrected chi connectivity index (χ0v) is 18.8. The molecule has 2 N–H and O–H groups in total. The van der Waals surface area contributed by atoms with Gasteiger partial charge < -0.3 is 9.73 Å². The van der Waals surface area contributed by atoms with E-state index in [0.29, 0.717) is 29.6 Å². The molecule has 0 aliphatic heterocycles. The van der Waals surface area contributed by atoms with Crippen LogP contribution in [0.3, 0.4) is 0 Å². The molecular weight excluding hydrogens is 426 g/mol. The third-order valence-electron chi connectivity index (χ3n) is 5.65. The number of aromatic nitrogens is 1. The number of benzene rings is 2. The Labute approximate surface area is 188 Å². The molecule has 1 heterocycles. The van der Waals surface area contributed by atoms with E-state index >= 15 is 0 Å². The van der Waals surface area contributed by atoms with Crippen molar-refractivity contribution in [3.8, 4) is 11.5 Å². The van der Waals surface area contributed by atoms with Gasteiger partial charge in [0.15, 0.2) is 0 Å². The van der Waals surface area contributed by atoms with Crippen molar-refractivity contribution in [2.45, 2.75) is 44.9 Å². The lowest BCUT2D eigenvalue weighted by Gasteiger charge is -2.09. The number of rotatable bonds is 8. The highest BCUT2D eigenvalue weighted by Crippen LogP contribution is 2.26. The van der Waals surface area contributed by atoms with E-state index in [2.05, 4.69) is 15.0 Å². The average Bonchev–Trinajstić information content (AvgIpc) is 3.43. The predicted molar refractivity (Wildman–Crippen MR) is 123 cm³/mol. The first kappa shape index (κ1) is 22.1. The summed E-state index contributed by atoms with van der Waals surface area (Å²) < 4.78 is 33.2. The van der Waals surface area contributed by atoms with Gasteiger partial charge in [0.2, 0.25) is 21.8 Å². The van der Waals surface area contributed by atoms with Gasteiger partial charge in [0.1, 0.15) is 11.5 Å². The van der Waals surface area contributed by atoms with Crippen LogP contribution in [0.5, 0.6) is 0 Å². The van der Waals surface area contributed by atoms with Crippen LogP contribution in [0.1, 0.15) is 42.7 Å². The minimum Gasteiger partial charge on any atom is -0.441 e. The number of sulfonamides is 1. The molecule has 4 rings (SSSR count). The van der Waals surface area contributed by atoms with Crippen LogP contribution in [0.2, 0.25) is 0 Å². The Balaban J connectivity index is 1.38. The largest absolute Gasteiger partial charge is 0.441 e. The second-order valence-corrected chi connectivity index (χ2v) is 9.87. The van der Waals surface area contributed by atoms with Crippen molar-refractivity contribution in [2.24, 2.45) is 5.92 Å². The zero-order chi connectivity index (χ0) is 22.6. The average molecular weight is 454 g/mol. The summed E-state index contributed by atoms with van der Waals surface area (Å²) in [6.45, 7) is 2.15. The fourth-order valence-electron chi connectivity index (χ4n) is 3.91. The van der Waals surface area contributed by atoms with E-state index in [1.807, 2.05) is 25.1 Å². The standard InChI is InChI=1S/C24H27N3O4S/c1-17-22(15-25-23(28)19-9-5-6-10-19)26-24(31-17)20-11-13-21(14-12-20)27-32(29,30)16-18-7-3-2-4-8-18/h2-4,7-8,11-14,19,27H,5-6,9-10,15-16H2,1H3,(H,25,28). The smallest absolute Gasteiger partial charge is 0.236 e. The topological polar surface area (TPSA) is 101 Å². The van der Waals surface area contributed by atoms with Gasteiger partial charge in [0.05, 0.1) is 12.3 Å². The van der Waals surface area contributed by atoms with E-state index in [1.165, 1.54) is 0 Å². The quantitative estimate of drug-likeness (QED) is 0.526. The normalized spacial score (nSPS) is 14.4. The molecule has 7 nitrogen and oxygen atoms in total. The van der Waals surface area contributed by atoms with Crippen LogP contribution < -0.4 is 10.0 Å². The maximum Gasteiger partial charge on any atom is 0.236 e. The van der Waals surface area contributed by atoms with Crippen LogP contribution in [0.4, 0.5) is 5.69 Å². The van der Waals surface area contributed by atoms with E-state index in [1.54, 1.807) is 36.4 Å². The lowest BCUT2D eigenvalue weighted by atomic mass is 10.1. The van der Waals surface area contributed by atoms with Crippen LogP contribution in [0, 0.1) is 12.8 Å². The van der Waals surface area contributed by atoms with Crippen molar-refractivity contribution < 1.29 is 17.6 Å². The summed E-state index contributed by atoms with van der Waals surface area (Å²) in [4.78, 5) is 16.8. The molecule has 0 radical (unpaired) electrons. The van der Waals surface area contributed by atoms with E-state index < -0.39 is 10.0 Å². The summed E-state index contributed by atoms with van der Waals surface area (Å²) in [7, 11) is -3.52. The van der Waals surface area contributed by atoms with Crippen LogP contribution in [0.15, 0.2) is 59.0 Å². The van der Waals surface area contributed by atoms with Gasteiger partial charge in [-0.1, -0.05) is 43.2 Å². The van der Waals surface area contributed by atoms with Gasteiger partial charge in [0, 0.05) is 17.2 Å². The second-order valence-electron chi connectivity index (χ2n) is 8.15. The summed E-state index contributed by atoms with van der Waals surface area (Å²) in [6, 6.07) is 15.9. The van der Waals surface area contributed by atoms with Crippen molar-refractivity contribution in [2.75, 3.05) is 4.72 Å². The number of hydrogen-bond donors (Lipinski definition) is 2. The summed E-state index contributed by atoms with van der Waals surface area (Å²) in [5, 5.41) is 2.96. The Morgan fingerprint density at radius 1 is 1.06 bits per heavy atom. The number of nitrogens with zero attached hydrogens (tertiary/aromatic N) is 1. The Kier molecular flexibility index (Phi) is 6.60. The molecule has 1 saturated carbocycles. The summed E-state index contributed by atoms with van der Waals surface area (Å²) >= 11 is 0. The van der Waals surface area contributed by atoms with Crippen molar-refractivity contribution >= 4 is 21.6 Å². The minimum absolute atomic E-state index is 0.0820. The van der Waals surface area contributed by atoms with Crippen molar-refractivity contribution in [1.82, 2.24) is 10.3 Å². The number of carbonyl (C=O) groups is 1. The maximum absolute atomic E-state index is 12.4. The van der Waals surface area contributed by atoms with Crippen molar-refractivity contribution in [3.05, 3.63) is 71.6 Å². The first-order valence-corrected chi connectivity index (χ1v) is 12.4. The van der Waals surface area contributed by atoms with Gasteiger partial charge in [-0.05, 0) is 49.6 Å². The van der Waals surface area contributed by atoms with Crippen LogP contribution in [-0.4, -0.2) is 19.3 Å². The molecule has 0 unspecified atom stereocenters. The third-order valence-corrected chi connectivity index (χ3v) is 6.91. The van der Waals surface area contributed by atoms with Crippen molar-refractivity contribution in [1.29, 1.82) is 0 Å². The van der Waals surface area contributed by atoms with Crippen LogP contribution in [-0.2, 0) is 27.1 Å². The van der Waals surface area contributed by atoms with Gasteiger partial charge >= 0.3 is 0 Å². The van der Waals surface area contributed by atoms with Gasteiger partial charge in [-0.15, -0.1) is 0 Å². The Morgan fingerprint density at radius 3 is 2.44 bits per heavy atom. The number of amides is 1. The summed E-state index contributed by atoms with van der Waals surface area (Å²) in [5.74, 6) is 1.19. The number of carbonyl (C=O) groups excluding carboxylic acids is 1. The van der Waals surface area contributed by atoms with Crippen molar-refractivity contribution in [3.63, 3.8) is 0 Å². The highest BCUT2D eigenvalue weighted by molar-refractivity contribution is 7.91. The molecule has 0 spiro atoms. The molecular formula is C24H27N3O4S. The van der Waals surface area contributed by atoms with Gasteiger partial charge in [-0.3, -0.25) is 9.52 Å². The van der Waals surface area contributed by atoms with Gasteiger partial charge in [0.25, 0.3) is 0 Å². The van der Waals surface area contributed by atoms with E-state index in [0.717, 1.165) is 36.8 Å². The number of anilines is 1. The number of hydrogen-bond acceptors (Lipinski definition) is 5. The highest BCUT2D eigenvalue weighted by Gasteiger charge is 2.23. The number of oxazole rings is 1. The lowest BCUT2D eigenvalue weighted by molar-refractivity contribution is -0.124. The molecule has 1 aliphatic carbocycles. The molecule has 32 heavy (non-hydrogen) atoms. The molecule has 2 aromatic carbocycles. The number of nitrogens with one attached hydrogen (secondary N) is 2. The maximum atomic E-state index is 12.4. The first-order valence-electron chi connectivity index (χ1n) is 10.8. The Morgan fingerprint density at radius 2 is 1.75 bits per heavy atom. The second kappa shape index (κ2) is 9.56. The van der Waals surface area contributed by atoms with E-state index in [9.17, 15) is 13.2 Å². The fraction of sp³-hybridized carbons (Fsp3) is 0.333. The minimum atomic E-state index is -3.52. The SMILES string of the molecule is Cc1oc(-c2ccc(NS(=O)(=O)Cc3ccccc3)cc2)nc1CNC(=O)C1CCCC1. The molecule has 1 amide bonds. The molecule has 1 aliphatic rings. The van der Waals surface area contributed by atoms with Crippen LogP contribution in [0.25, 0.3) is 11.5 Å². The van der Waals surface area contributed by atoms with Gasteiger partial charge in [-0.25, -0.2) is 13.4 Å². The fourth-order valence-corrected chi connectivity index (χ4v) is 5.11. The summed E-state index contributed by atoms with van der Waals surface area (Å²) in [5.41, 5.74) is 2.61. The number of aryl methyl sites for hydroxylation is 1. The Hall–Kier alpha value is -3.13. The van der Waals surface area contributed by atoms with Crippen LogP contribution >= 0.6 is 0 Å². The molecule has 1 fully saturated rings. The molecule has 0 saturated heterocycles. The predicted octanol–water partition coefficient (Wildman–Crippen LogP) is 4.40. The monoisotopic (exact) mass is 453 g/mol. The highest BCUT2D eigenvalue weighted by atomic mass is 32.2. The lowest BCUT2D eigenvalue weighted by Crippen LogP contribution is -2.29. The Bertz CT molecular complexity index is 1170. The molecule has 1 aromatic heterocycles. The molecule has 8 heteroatoms. The van der Waals surface area contributed by atoms with Gasteiger partial charge in [-0.2, -0.15) is 0 Å².